The maximum absolute atomic E-state index is 13.8. The molecule has 0 bridgehead atoms. The number of carbonyl (C=O) groups excluding carboxylic acids is 1. The average molecular weight is 355 g/mol. The summed E-state index contributed by atoms with van der Waals surface area (Å²) in [7, 11) is 0. The quantitative estimate of drug-likeness (QED) is 0.847. The van der Waals surface area contributed by atoms with Gasteiger partial charge in [0.15, 0.2) is 0 Å². The number of alkyl halides is 2. The number of halogens is 4. The SMILES string of the molecule is C[C@H]1OCCN[C@@H]1C(=O)NCc1c(F)cccc1OC(F)F.Cl. The van der Waals surface area contributed by atoms with Gasteiger partial charge in [0.2, 0.25) is 5.91 Å². The van der Waals surface area contributed by atoms with Crippen molar-refractivity contribution >= 4 is 18.3 Å². The van der Waals surface area contributed by atoms with Crippen LogP contribution in [0.25, 0.3) is 0 Å². The van der Waals surface area contributed by atoms with Gasteiger partial charge in [-0.1, -0.05) is 6.07 Å². The van der Waals surface area contributed by atoms with E-state index in [9.17, 15) is 18.0 Å². The van der Waals surface area contributed by atoms with Gasteiger partial charge in [-0.3, -0.25) is 4.79 Å². The summed E-state index contributed by atoms with van der Waals surface area (Å²) < 4.78 is 48.0. The van der Waals surface area contributed by atoms with E-state index in [-0.39, 0.29) is 36.4 Å². The molecule has 23 heavy (non-hydrogen) atoms. The van der Waals surface area contributed by atoms with Crippen LogP contribution in [0.5, 0.6) is 5.75 Å². The van der Waals surface area contributed by atoms with E-state index in [1.165, 1.54) is 12.1 Å². The first-order valence-electron chi connectivity index (χ1n) is 6.84. The van der Waals surface area contributed by atoms with Crippen LogP contribution >= 0.6 is 12.4 Å². The van der Waals surface area contributed by atoms with Crippen molar-refractivity contribution in [2.24, 2.45) is 0 Å². The third kappa shape index (κ3) is 5.26. The number of nitrogens with one attached hydrogen (secondary N) is 2. The van der Waals surface area contributed by atoms with Gasteiger partial charge in [0.1, 0.15) is 17.6 Å². The molecule has 0 unspecified atom stereocenters. The van der Waals surface area contributed by atoms with E-state index in [4.69, 9.17) is 4.74 Å². The molecule has 1 aliphatic rings. The number of morpholine rings is 1. The number of carbonyl (C=O) groups is 1. The van der Waals surface area contributed by atoms with Crippen molar-refractivity contribution in [3.63, 3.8) is 0 Å². The predicted molar refractivity (Wildman–Crippen MR) is 79.3 cm³/mol. The number of ether oxygens (including phenoxy) is 2. The van der Waals surface area contributed by atoms with Gasteiger partial charge in [-0.25, -0.2) is 4.39 Å². The third-order valence-corrected chi connectivity index (χ3v) is 3.33. The fourth-order valence-corrected chi connectivity index (χ4v) is 2.23. The second kappa shape index (κ2) is 8.95. The molecule has 130 valence electrons. The topological polar surface area (TPSA) is 59.6 Å². The zero-order valence-corrected chi connectivity index (χ0v) is 13.2. The fraction of sp³-hybridized carbons (Fsp3) is 0.500. The monoisotopic (exact) mass is 354 g/mol. The molecule has 0 saturated carbocycles. The van der Waals surface area contributed by atoms with Crippen LogP contribution in [0.1, 0.15) is 12.5 Å². The molecule has 0 aliphatic carbocycles. The highest BCUT2D eigenvalue weighted by Crippen LogP contribution is 2.23. The maximum Gasteiger partial charge on any atom is 0.387 e. The van der Waals surface area contributed by atoms with Crippen molar-refractivity contribution in [1.29, 1.82) is 0 Å². The smallest absolute Gasteiger partial charge is 0.387 e. The Bertz CT molecular complexity index is 534. The van der Waals surface area contributed by atoms with Crippen molar-refractivity contribution in [3.8, 4) is 5.75 Å². The lowest BCUT2D eigenvalue weighted by atomic mass is 10.1. The second-order valence-corrected chi connectivity index (χ2v) is 4.82. The summed E-state index contributed by atoms with van der Waals surface area (Å²) in [5, 5.41) is 5.49. The van der Waals surface area contributed by atoms with Crippen molar-refractivity contribution < 1.29 is 27.4 Å². The van der Waals surface area contributed by atoms with Gasteiger partial charge in [0.05, 0.1) is 12.7 Å². The molecule has 0 spiro atoms. The van der Waals surface area contributed by atoms with Gasteiger partial charge in [-0.15, -0.1) is 12.4 Å². The Morgan fingerprint density at radius 1 is 1.52 bits per heavy atom. The summed E-state index contributed by atoms with van der Waals surface area (Å²) in [6, 6.07) is 3.03. The second-order valence-electron chi connectivity index (χ2n) is 4.82. The number of hydrogen-bond donors (Lipinski definition) is 2. The fourth-order valence-electron chi connectivity index (χ4n) is 2.23. The third-order valence-electron chi connectivity index (χ3n) is 3.33. The summed E-state index contributed by atoms with van der Waals surface area (Å²) in [6.07, 6.45) is -0.328. The van der Waals surface area contributed by atoms with E-state index in [1.54, 1.807) is 6.92 Å². The van der Waals surface area contributed by atoms with Crippen molar-refractivity contribution in [2.75, 3.05) is 13.2 Å². The van der Waals surface area contributed by atoms with Crippen LogP contribution in [0.4, 0.5) is 13.2 Å². The molecule has 0 aromatic heterocycles. The van der Waals surface area contributed by atoms with Crippen LogP contribution in [-0.2, 0) is 16.1 Å². The lowest BCUT2D eigenvalue weighted by Gasteiger charge is -2.29. The van der Waals surface area contributed by atoms with Gasteiger partial charge in [-0.05, 0) is 19.1 Å². The molecule has 1 aromatic rings. The van der Waals surface area contributed by atoms with E-state index in [0.29, 0.717) is 13.2 Å². The first kappa shape index (κ1) is 19.5. The molecule has 5 nitrogen and oxygen atoms in total. The Morgan fingerprint density at radius 3 is 2.91 bits per heavy atom. The van der Waals surface area contributed by atoms with Gasteiger partial charge in [-0.2, -0.15) is 8.78 Å². The highest BCUT2D eigenvalue weighted by atomic mass is 35.5. The molecule has 1 saturated heterocycles. The van der Waals surface area contributed by atoms with Crippen molar-refractivity contribution in [1.82, 2.24) is 10.6 Å². The zero-order chi connectivity index (χ0) is 16.1. The minimum Gasteiger partial charge on any atom is -0.434 e. The number of rotatable bonds is 5. The number of amides is 1. The lowest BCUT2D eigenvalue weighted by molar-refractivity contribution is -0.129. The predicted octanol–water partition coefficient (Wildman–Crippen LogP) is 1.84. The van der Waals surface area contributed by atoms with Gasteiger partial charge in [0, 0.05) is 18.7 Å². The van der Waals surface area contributed by atoms with Gasteiger partial charge < -0.3 is 20.1 Å². The van der Waals surface area contributed by atoms with Gasteiger partial charge >= 0.3 is 6.61 Å². The van der Waals surface area contributed by atoms with Crippen LogP contribution in [0.3, 0.4) is 0 Å². The van der Waals surface area contributed by atoms with Crippen LogP contribution < -0.4 is 15.4 Å². The maximum atomic E-state index is 13.8. The zero-order valence-electron chi connectivity index (χ0n) is 12.4. The molecule has 1 aliphatic heterocycles. The molecule has 2 rings (SSSR count). The summed E-state index contributed by atoms with van der Waals surface area (Å²) in [4.78, 5) is 12.1. The Kier molecular flexibility index (Phi) is 7.60. The Labute approximate surface area is 137 Å². The normalized spacial score (nSPS) is 20.7. The van der Waals surface area contributed by atoms with Crippen LogP contribution in [0.15, 0.2) is 18.2 Å². The van der Waals surface area contributed by atoms with Crippen LogP contribution in [0, 0.1) is 5.82 Å². The molecule has 0 radical (unpaired) electrons. The first-order chi connectivity index (χ1) is 10.5. The number of hydrogen-bond acceptors (Lipinski definition) is 4. The molecule has 2 atom stereocenters. The molecule has 1 fully saturated rings. The minimum atomic E-state index is -3.07. The molecular weight excluding hydrogens is 337 g/mol. The molecule has 1 aromatic carbocycles. The Balaban J connectivity index is 0.00000264. The van der Waals surface area contributed by atoms with Crippen LogP contribution in [-0.4, -0.2) is 37.8 Å². The summed E-state index contributed by atoms with van der Waals surface area (Å²) in [5.41, 5.74) is -0.125. The average Bonchev–Trinajstić information content (AvgIpc) is 2.46. The molecule has 2 N–H and O–H groups in total. The van der Waals surface area contributed by atoms with E-state index in [1.807, 2.05) is 0 Å². The number of benzene rings is 1. The van der Waals surface area contributed by atoms with Gasteiger partial charge in [0.25, 0.3) is 0 Å². The summed E-state index contributed by atoms with van der Waals surface area (Å²) in [6.45, 7) is -0.541. The molecule has 1 heterocycles. The highest BCUT2D eigenvalue weighted by molar-refractivity contribution is 5.85. The van der Waals surface area contributed by atoms with Crippen molar-refractivity contribution in [3.05, 3.63) is 29.6 Å². The van der Waals surface area contributed by atoms with E-state index < -0.39 is 24.4 Å². The highest BCUT2D eigenvalue weighted by Gasteiger charge is 2.28. The minimum absolute atomic E-state index is 0. The Morgan fingerprint density at radius 2 is 2.26 bits per heavy atom. The standard InChI is InChI=1S/C14H17F3N2O3.ClH/c1-8-12(18-5-6-21-8)13(20)19-7-9-10(15)3-2-4-11(9)22-14(16)17;/h2-4,8,12,14,18H,5-7H2,1H3,(H,19,20);1H/t8-,12+;/m1./s1. The Hall–Kier alpha value is -1.51. The first-order valence-corrected chi connectivity index (χ1v) is 6.84. The molecule has 1 amide bonds. The summed E-state index contributed by atoms with van der Waals surface area (Å²) in [5.74, 6) is -1.41. The molecule has 9 heteroatoms. The van der Waals surface area contributed by atoms with E-state index >= 15 is 0 Å². The lowest BCUT2D eigenvalue weighted by Crippen LogP contribution is -2.55. The van der Waals surface area contributed by atoms with E-state index in [0.717, 1.165) is 6.07 Å². The van der Waals surface area contributed by atoms with Crippen molar-refractivity contribution in [2.45, 2.75) is 32.2 Å². The molecular formula is C14H18ClF3N2O3. The van der Waals surface area contributed by atoms with Crippen LogP contribution in [0.2, 0.25) is 0 Å². The largest absolute Gasteiger partial charge is 0.434 e. The van der Waals surface area contributed by atoms with E-state index in [2.05, 4.69) is 15.4 Å². The summed E-state index contributed by atoms with van der Waals surface area (Å²) >= 11 is 0.